The third kappa shape index (κ3) is 4.97. The van der Waals surface area contributed by atoms with Crippen LogP contribution in [0.3, 0.4) is 0 Å². The van der Waals surface area contributed by atoms with Crippen molar-refractivity contribution in [3.05, 3.63) is 47.2 Å². The molecule has 3 N–H and O–H groups in total. The maximum absolute atomic E-state index is 12.0. The van der Waals surface area contributed by atoms with Crippen molar-refractivity contribution in [2.45, 2.75) is 32.4 Å². The lowest BCUT2D eigenvalue weighted by atomic mass is 10.0. The van der Waals surface area contributed by atoms with Gasteiger partial charge in [0, 0.05) is 11.2 Å². The molecule has 0 bridgehead atoms. The fourth-order valence-electron chi connectivity index (χ4n) is 1.97. The van der Waals surface area contributed by atoms with Gasteiger partial charge < -0.3 is 15.7 Å². The number of benzene rings is 1. The van der Waals surface area contributed by atoms with Crippen LogP contribution in [0, 0.1) is 0 Å². The lowest BCUT2D eigenvalue weighted by molar-refractivity contribution is 0.172. The van der Waals surface area contributed by atoms with Gasteiger partial charge in [-0.15, -0.1) is 0 Å². The number of aliphatic hydroxyl groups is 1. The largest absolute Gasteiger partial charge is 0.394 e. The van der Waals surface area contributed by atoms with Crippen molar-refractivity contribution >= 4 is 23.3 Å². The number of anilines is 1. The maximum atomic E-state index is 12.0. The van der Waals surface area contributed by atoms with Crippen molar-refractivity contribution in [2.75, 3.05) is 11.9 Å². The summed E-state index contributed by atoms with van der Waals surface area (Å²) in [5.41, 5.74) is 1.02. The molecule has 1 atom stereocenters. The van der Waals surface area contributed by atoms with Crippen LogP contribution in [-0.4, -0.2) is 33.1 Å². The standard InChI is InChI=1S/C16H21ClN4O2/c1-3-16(2,11-22)20-15(23)19-14-8-18-21(10-14)9-12-4-6-13(17)7-5-12/h4-8,10,22H,3,9,11H2,1-2H3,(H2,19,20,23). The molecule has 0 aliphatic rings. The first-order chi connectivity index (χ1) is 10.9. The van der Waals surface area contributed by atoms with Gasteiger partial charge in [-0.3, -0.25) is 4.68 Å². The lowest BCUT2D eigenvalue weighted by Gasteiger charge is -2.26. The minimum atomic E-state index is -0.636. The monoisotopic (exact) mass is 336 g/mol. The molecule has 2 amide bonds. The molecule has 1 heterocycles. The van der Waals surface area contributed by atoms with E-state index in [1.807, 2.05) is 31.2 Å². The van der Waals surface area contributed by atoms with E-state index in [1.165, 1.54) is 0 Å². The van der Waals surface area contributed by atoms with Crippen LogP contribution in [0.15, 0.2) is 36.7 Å². The zero-order chi connectivity index (χ0) is 16.9. The summed E-state index contributed by atoms with van der Waals surface area (Å²) in [6, 6.07) is 7.14. The van der Waals surface area contributed by atoms with Gasteiger partial charge in [-0.2, -0.15) is 5.10 Å². The molecule has 0 radical (unpaired) electrons. The van der Waals surface area contributed by atoms with Gasteiger partial charge in [0.25, 0.3) is 0 Å². The molecule has 7 heteroatoms. The van der Waals surface area contributed by atoms with Crippen LogP contribution >= 0.6 is 11.6 Å². The number of amides is 2. The number of nitrogens with one attached hydrogen (secondary N) is 2. The number of hydrogen-bond acceptors (Lipinski definition) is 3. The van der Waals surface area contributed by atoms with Crippen LogP contribution in [0.1, 0.15) is 25.8 Å². The molecule has 1 aromatic heterocycles. The molecule has 0 aliphatic heterocycles. The number of halogens is 1. The first kappa shape index (κ1) is 17.3. The zero-order valence-electron chi connectivity index (χ0n) is 13.2. The van der Waals surface area contributed by atoms with E-state index in [-0.39, 0.29) is 12.6 Å². The highest BCUT2D eigenvalue weighted by Gasteiger charge is 2.23. The van der Waals surface area contributed by atoms with E-state index in [0.29, 0.717) is 23.7 Å². The average molecular weight is 337 g/mol. The minimum Gasteiger partial charge on any atom is -0.394 e. The lowest BCUT2D eigenvalue weighted by Crippen LogP contribution is -2.50. The predicted octanol–water partition coefficient (Wildman–Crippen LogP) is 2.87. The van der Waals surface area contributed by atoms with Gasteiger partial charge in [-0.25, -0.2) is 4.79 Å². The Bertz CT molecular complexity index is 650. The van der Waals surface area contributed by atoms with Crippen molar-refractivity contribution in [1.29, 1.82) is 0 Å². The Morgan fingerprint density at radius 2 is 2.09 bits per heavy atom. The number of urea groups is 1. The Morgan fingerprint density at radius 1 is 1.39 bits per heavy atom. The summed E-state index contributed by atoms with van der Waals surface area (Å²) < 4.78 is 1.73. The molecule has 2 rings (SSSR count). The summed E-state index contributed by atoms with van der Waals surface area (Å²) in [5, 5.41) is 19.7. The highest BCUT2D eigenvalue weighted by Crippen LogP contribution is 2.13. The van der Waals surface area contributed by atoms with Gasteiger partial charge in [-0.1, -0.05) is 30.7 Å². The van der Waals surface area contributed by atoms with E-state index >= 15 is 0 Å². The molecule has 1 unspecified atom stereocenters. The molecule has 124 valence electrons. The van der Waals surface area contributed by atoms with E-state index in [0.717, 1.165) is 5.56 Å². The van der Waals surface area contributed by atoms with Crippen LogP contribution in [0.25, 0.3) is 0 Å². The van der Waals surface area contributed by atoms with Crippen LogP contribution in [0.2, 0.25) is 5.02 Å². The van der Waals surface area contributed by atoms with Crippen molar-refractivity contribution in [3.63, 3.8) is 0 Å². The Labute approximate surface area is 140 Å². The second-order valence-electron chi connectivity index (χ2n) is 5.70. The van der Waals surface area contributed by atoms with Gasteiger partial charge >= 0.3 is 6.03 Å². The molecule has 0 aliphatic carbocycles. The van der Waals surface area contributed by atoms with Gasteiger partial charge in [0.15, 0.2) is 0 Å². The van der Waals surface area contributed by atoms with E-state index in [9.17, 15) is 9.90 Å². The molecule has 0 saturated carbocycles. The Morgan fingerprint density at radius 3 is 2.70 bits per heavy atom. The fourth-order valence-corrected chi connectivity index (χ4v) is 2.09. The number of aliphatic hydroxyl groups excluding tert-OH is 1. The molecule has 6 nitrogen and oxygen atoms in total. The Balaban J connectivity index is 1.94. The first-order valence-electron chi connectivity index (χ1n) is 7.41. The number of nitrogens with zero attached hydrogens (tertiary/aromatic N) is 2. The molecule has 0 saturated heterocycles. The first-order valence-corrected chi connectivity index (χ1v) is 7.79. The quantitative estimate of drug-likeness (QED) is 0.759. The van der Waals surface area contributed by atoms with Crippen molar-refractivity contribution in [2.24, 2.45) is 0 Å². The Kier molecular flexibility index (Phi) is 5.63. The number of rotatable bonds is 6. The summed E-state index contributed by atoms with van der Waals surface area (Å²) in [6.07, 6.45) is 3.96. The molecule has 0 spiro atoms. The maximum Gasteiger partial charge on any atom is 0.319 e. The van der Waals surface area contributed by atoms with E-state index in [1.54, 1.807) is 24.0 Å². The molecule has 23 heavy (non-hydrogen) atoms. The third-order valence-electron chi connectivity index (χ3n) is 3.69. The summed E-state index contributed by atoms with van der Waals surface area (Å²) in [5.74, 6) is 0. The molecular formula is C16H21ClN4O2. The second-order valence-corrected chi connectivity index (χ2v) is 6.14. The van der Waals surface area contributed by atoms with E-state index in [2.05, 4.69) is 15.7 Å². The van der Waals surface area contributed by atoms with Crippen molar-refractivity contribution < 1.29 is 9.90 Å². The van der Waals surface area contributed by atoms with E-state index in [4.69, 9.17) is 11.6 Å². The van der Waals surface area contributed by atoms with Crippen LogP contribution in [0.5, 0.6) is 0 Å². The summed E-state index contributed by atoms with van der Waals surface area (Å²) in [6.45, 7) is 4.16. The summed E-state index contributed by atoms with van der Waals surface area (Å²) in [7, 11) is 0. The van der Waals surface area contributed by atoms with E-state index < -0.39 is 5.54 Å². The fraction of sp³-hybridized carbons (Fsp3) is 0.375. The number of carbonyl (C=O) groups excluding carboxylic acids is 1. The summed E-state index contributed by atoms with van der Waals surface area (Å²) >= 11 is 5.86. The van der Waals surface area contributed by atoms with Crippen molar-refractivity contribution in [3.8, 4) is 0 Å². The number of carbonyl (C=O) groups is 1. The van der Waals surface area contributed by atoms with Crippen LogP contribution in [-0.2, 0) is 6.54 Å². The van der Waals surface area contributed by atoms with Gasteiger partial charge in [0.05, 0.1) is 30.6 Å². The van der Waals surface area contributed by atoms with Crippen molar-refractivity contribution in [1.82, 2.24) is 15.1 Å². The number of hydrogen-bond donors (Lipinski definition) is 3. The SMILES string of the molecule is CCC(C)(CO)NC(=O)Nc1cnn(Cc2ccc(Cl)cc2)c1. The second kappa shape index (κ2) is 7.48. The zero-order valence-corrected chi connectivity index (χ0v) is 14.0. The van der Waals surface area contributed by atoms with Gasteiger partial charge in [-0.05, 0) is 31.0 Å². The topological polar surface area (TPSA) is 79.2 Å². The van der Waals surface area contributed by atoms with Gasteiger partial charge in [0.1, 0.15) is 0 Å². The van der Waals surface area contributed by atoms with Crippen LogP contribution < -0.4 is 10.6 Å². The van der Waals surface area contributed by atoms with Crippen LogP contribution in [0.4, 0.5) is 10.5 Å². The predicted molar refractivity (Wildman–Crippen MR) is 90.7 cm³/mol. The average Bonchev–Trinajstić information content (AvgIpc) is 2.96. The minimum absolute atomic E-state index is 0.118. The molecular weight excluding hydrogens is 316 g/mol. The third-order valence-corrected chi connectivity index (χ3v) is 3.95. The molecule has 1 aromatic carbocycles. The van der Waals surface area contributed by atoms with Gasteiger partial charge in [0.2, 0.25) is 0 Å². The smallest absolute Gasteiger partial charge is 0.319 e. The molecule has 0 fully saturated rings. The number of aromatic nitrogens is 2. The normalized spacial score (nSPS) is 13.4. The Hall–Kier alpha value is -2.05. The molecule has 2 aromatic rings. The summed E-state index contributed by atoms with van der Waals surface area (Å²) in [4.78, 5) is 12.0. The highest BCUT2D eigenvalue weighted by atomic mass is 35.5. The highest BCUT2D eigenvalue weighted by molar-refractivity contribution is 6.30.